The Bertz CT molecular complexity index is 1060. The van der Waals surface area contributed by atoms with Gasteiger partial charge in [0.2, 0.25) is 0 Å². The van der Waals surface area contributed by atoms with Crippen molar-refractivity contribution in [1.82, 2.24) is 0 Å². The monoisotopic (exact) mass is 450 g/mol. The Hall–Kier alpha value is -3.55. The van der Waals surface area contributed by atoms with Crippen LogP contribution in [0.4, 0.5) is 22.0 Å². The van der Waals surface area contributed by atoms with Crippen molar-refractivity contribution in [2.75, 3.05) is 6.61 Å². The first-order chi connectivity index (χ1) is 15.3. The average molecular weight is 450 g/mol. The number of halogens is 5. The molecule has 3 nitrogen and oxygen atoms in total. The molecule has 0 saturated carbocycles. The Morgan fingerprint density at radius 3 is 2.16 bits per heavy atom. The lowest BCUT2D eigenvalue weighted by molar-refractivity contribution is -0.0704. The van der Waals surface area contributed by atoms with Crippen LogP contribution in [-0.2, 0) is 11.3 Å². The van der Waals surface area contributed by atoms with Crippen molar-refractivity contribution in [3.63, 3.8) is 0 Å². The molecule has 168 valence electrons. The van der Waals surface area contributed by atoms with Crippen LogP contribution < -0.4 is 9.47 Å². The van der Waals surface area contributed by atoms with E-state index in [2.05, 4.69) is 0 Å². The zero-order valence-corrected chi connectivity index (χ0v) is 17.0. The summed E-state index contributed by atoms with van der Waals surface area (Å²) in [5, 5.41) is 0. The van der Waals surface area contributed by atoms with Crippen molar-refractivity contribution in [2.45, 2.75) is 19.7 Å². The Morgan fingerprint density at radius 1 is 0.875 bits per heavy atom. The number of para-hydroxylation sites is 1. The molecule has 3 aromatic rings. The second-order valence-corrected chi connectivity index (χ2v) is 6.60. The number of hydrogen-bond donors (Lipinski definition) is 0. The molecule has 8 heteroatoms. The number of rotatable bonds is 8. The molecule has 0 aromatic heterocycles. The summed E-state index contributed by atoms with van der Waals surface area (Å²) in [6.45, 7) is 1.25. The van der Waals surface area contributed by atoms with Crippen molar-refractivity contribution >= 4 is 5.57 Å². The summed E-state index contributed by atoms with van der Waals surface area (Å²) < 4.78 is 84.2. The van der Waals surface area contributed by atoms with Gasteiger partial charge in [0, 0.05) is 0 Å². The molecule has 32 heavy (non-hydrogen) atoms. The van der Waals surface area contributed by atoms with Gasteiger partial charge < -0.3 is 14.2 Å². The van der Waals surface area contributed by atoms with E-state index < -0.39 is 34.7 Å². The van der Waals surface area contributed by atoms with Crippen LogP contribution in [0.1, 0.15) is 18.1 Å². The molecule has 3 rings (SSSR count). The van der Waals surface area contributed by atoms with Gasteiger partial charge in [-0.1, -0.05) is 30.3 Å². The summed E-state index contributed by atoms with van der Waals surface area (Å²) in [7, 11) is 0. The number of hydrogen-bond acceptors (Lipinski definition) is 3. The minimum Gasteiger partial charge on any atom is -0.496 e. The molecule has 0 unspecified atom stereocenters. The number of ether oxygens (including phenoxy) is 3. The van der Waals surface area contributed by atoms with Gasteiger partial charge in [-0.2, -0.15) is 13.2 Å². The minimum atomic E-state index is -4.90. The number of alkyl halides is 3. The van der Waals surface area contributed by atoms with E-state index >= 15 is 0 Å². The SMILES string of the molecule is CCOc1c(F)cc(/C(=C/OCc2cccc(Oc3ccccc3)c2)C(F)(F)F)cc1F. The van der Waals surface area contributed by atoms with Crippen molar-refractivity contribution in [2.24, 2.45) is 0 Å². The third-order valence-corrected chi connectivity index (χ3v) is 4.23. The van der Waals surface area contributed by atoms with Crippen molar-refractivity contribution in [1.29, 1.82) is 0 Å². The highest BCUT2D eigenvalue weighted by atomic mass is 19.4. The second-order valence-electron chi connectivity index (χ2n) is 6.60. The molecule has 0 aliphatic rings. The third-order valence-electron chi connectivity index (χ3n) is 4.23. The van der Waals surface area contributed by atoms with E-state index in [0.29, 0.717) is 35.5 Å². The van der Waals surface area contributed by atoms with Gasteiger partial charge in [0.25, 0.3) is 0 Å². The van der Waals surface area contributed by atoms with Gasteiger partial charge in [-0.25, -0.2) is 8.78 Å². The minimum absolute atomic E-state index is 0.0364. The Balaban J connectivity index is 1.78. The summed E-state index contributed by atoms with van der Waals surface area (Å²) in [5.41, 5.74) is -1.49. The van der Waals surface area contributed by atoms with Gasteiger partial charge in [0.15, 0.2) is 17.4 Å². The molecule has 0 aliphatic heterocycles. The summed E-state index contributed by atoms with van der Waals surface area (Å²) >= 11 is 0. The van der Waals surface area contributed by atoms with E-state index in [1.165, 1.54) is 6.92 Å². The Labute approximate surface area is 181 Å². The maximum atomic E-state index is 14.0. The van der Waals surface area contributed by atoms with Gasteiger partial charge >= 0.3 is 6.18 Å². The topological polar surface area (TPSA) is 27.7 Å². The standard InChI is InChI=1S/C24H19F5O3/c1-2-31-23-21(25)12-17(13-22(23)26)20(24(27,28)29)15-30-14-16-7-6-10-19(11-16)32-18-8-4-3-5-9-18/h3-13,15H,2,14H2,1H3/b20-15-. The molecule has 3 aromatic carbocycles. The van der Waals surface area contributed by atoms with E-state index in [-0.39, 0.29) is 13.2 Å². The first-order valence-electron chi connectivity index (χ1n) is 9.61. The van der Waals surface area contributed by atoms with E-state index in [0.717, 1.165) is 0 Å². The zero-order chi connectivity index (χ0) is 23.1. The quantitative estimate of drug-likeness (QED) is 0.267. The smallest absolute Gasteiger partial charge is 0.419 e. The third kappa shape index (κ3) is 6.00. The summed E-state index contributed by atoms with van der Waals surface area (Å²) in [5.74, 6) is -2.11. The maximum absolute atomic E-state index is 14.0. The molecular weight excluding hydrogens is 431 g/mol. The first kappa shape index (κ1) is 23.1. The van der Waals surface area contributed by atoms with Crippen LogP contribution in [0.2, 0.25) is 0 Å². The number of allylic oxidation sites excluding steroid dienone is 1. The predicted octanol–water partition coefficient (Wildman–Crippen LogP) is 7.28. The van der Waals surface area contributed by atoms with E-state index in [1.807, 2.05) is 6.07 Å². The molecule has 0 fully saturated rings. The molecule has 0 N–H and O–H groups in total. The normalized spacial score (nSPS) is 11.9. The molecule has 0 amide bonds. The van der Waals surface area contributed by atoms with E-state index in [1.54, 1.807) is 48.5 Å². The fourth-order valence-corrected chi connectivity index (χ4v) is 2.84. The summed E-state index contributed by atoms with van der Waals surface area (Å²) in [4.78, 5) is 0. The first-order valence-corrected chi connectivity index (χ1v) is 9.61. The van der Waals surface area contributed by atoms with Gasteiger partial charge in [0.05, 0.1) is 18.4 Å². The van der Waals surface area contributed by atoms with Crippen LogP contribution in [0.5, 0.6) is 17.2 Å². The highest BCUT2D eigenvalue weighted by Crippen LogP contribution is 2.36. The molecule has 0 saturated heterocycles. The molecule has 0 bridgehead atoms. The van der Waals surface area contributed by atoms with Gasteiger partial charge in [-0.3, -0.25) is 0 Å². The summed E-state index contributed by atoms with van der Waals surface area (Å²) in [6.07, 6.45) is -4.45. The molecule has 0 atom stereocenters. The van der Waals surface area contributed by atoms with Gasteiger partial charge in [0.1, 0.15) is 18.1 Å². The van der Waals surface area contributed by atoms with Crippen LogP contribution in [0, 0.1) is 11.6 Å². The van der Waals surface area contributed by atoms with Gasteiger partial charge in [-0.15, -0.1) is 0 Å². The van der Waals surface area contributed by atoms with Crippen LogP contribution in [0.25, 0.3) is 5.57 Å². The predicted molar refractivity (Wildman–Crippen MR) is 109 cm³/mol. The van der Waals surface area contributed by atoms with Crippen molar-refractivity contribution < 1.29 is 36.2 Å². The zero-order valence-electron chi connectivity index (χ0n) is 17.0. The summed E-state index contributed by atoms with van der Waals surface area (Å²) in [6, 6.07) is 16.7. The lowest BCUT2D eigenvalue weighted by Crippen LogP contribution is -2.12. The molecule has 0 spiro atoms. The largest absolute Gasteiger partial charge is 0.496 e. The fourth-order valence-electron chi connectivity index (χ4n) is 2.84. The Kier molecular flexibility index (Phi) is 7.35. The number of benzene rings is 3. The van der Waals surface area contributed by atoms with Crippen molar-refractivity contribution in [3.05, 3.63) is 95.8 Å². The van der Waals surface area contributed by atoms with Gasteiger partial charge in [-0.05, 0) is 54.4 Å². The lowest BCUT2D eigenvalue weighted by atomic mass is 10.1. The van der Waals surface area contributed by atoms with Crippen LogP contribution in [-0.4, -0.2) is 12.8 Å². The molecule has 0 radical (unpaired) electrons. The van der Waals surface area contributed by atoms with E-state index in [9.17, 15) is 22.0 Å². The highest BCUT2D eigenvalue weighted by Gasteiger charge is 2.36. The second kappa shape index (κ2) is 10.2. The average Bonchev–Trinajstić information content (AvgIpc) is 2.74. The van der Waals surface area contributed by atoms with E-state index in [4.69, 9.17) is 14.2 Å². The highest BCUT2D eigenvalue weighted by molar-refractivity contribution is 5.69. The molecular formula is C24H19F5O3. The van der Waals surface area contributed by atoms with Crippen LogP contribution in [0.3, 0.4) is 0 Å². The molecule has 0 heterocycles. The maximum Gasteiger partial charge on any atom is 0.419 e. The Morgan fingerprint density at radius 2 is 1.53 bits per heavy atom. The molecule has 0 aliphatic carbocycles. The van der Waals surface area contributed by atoms with Crippen LogP contribution >= 0.6 is 0 Å². The lowest BCUT2D eigenvalue weighted by Gasteiger charge is -2.14. The van der Waals surface area contributed by atoms with Crippen molar-refractivity contribution in [3.8, 4) is 17.2 Å². The van der Waals surface area contributed by atoms with Crippen LogP contribution in [0.15, 0.2) is 73.0 Å². The fraction of sp³-hybridized carbons (Fsp3) is 0.167.